The van der Waals surface area contributed by atoms with Gasteiger partial charge in [0.15, 0.2) is 0 Å². The lowest BCUT2D eigenvalue weighted by Gasteiger charge is -2.37. The number of hydrogen-bond donors (Lipinski definition) is 2. The number of carboxylic acid groups (broad SMARTS) is 1. The zero-order valence-corrected chi connectivity index (χ0v) is 20.7. The van der Waals surface area contributed by atoms with Crippen molar-refractivity contribution in [3.63, 3.8) is 0 Å². The lowest BCUT2D eigenvalue weighted by Crippen LogP contribution is -2.43. The molecule has 3 aliphatic heterocycles. The molecule has 7 nitrogen and oxygen atoms in total. The van der Waals surface area contributed by atoms with Crippen molar-refractivity contribution in [1.29, 1.82) is 0 Å². The van der Waals surface area contributed by atoms with Crippen molar-refractivity contribution in [3.8, 4) is 11.3 Å². The van der Waals surface area contributed by atoms with E-state index in [9.17, 15) is 17.6 Å². The Balaban J connectivity index is 0.000000374. The number of halogens is 4. The average molecular weight is 532 g/mol. The lowest BCUT2D eigenvalue weighted by molar-refractivity contribution is -0.192. The minimum atomic E-state index is -5.08. The van der Waals surface area contributed by atoms with Gasteiger partial charge in [-0.2, -0.15) is 13.2 Å². The summed E-state index contributed by atoms with van der Waals surface area (Å²) in [6.45, 7) is 6.25. The number of alkyl halides is 3. The fraction of sp³-hybridized carbons (Fsp3) is 0.407. The molecular weight excluding hydrogens is 502 g/mol. The number of benzene rings is 2. The highest BCUT2D eigenvalue weighted by molar-refractivity contribution is 5.73. The van der Waals surface area contributed by atoms with Crippen LogP contribution in [0.2, 0.25) is 0 Å². The summed E-state index contributed by atoms with van der Waals surface area (Å²) >= 11 is 0. The van der Waals surface area contributed by atoms with Gasteiger partial charge in [0, 0.05) is 61.8 Å². The minimum absolute atomic E-state index is 0.0611. The predicted octanol–water partition coefficient (Wildman–Crippen LogP) is 4.55. The van der Waals surface area contributed by atoms with Crippen molar-refractivity contribution < 1.29 is 27.5 Å². The van der Waals surface area contributed by atoms with Gasteiger partial charge in [-0.1, -0.05) is 12.1 Å². The van der Waals surface area contributed by atoms with E-state index in [0.29, 0.717) is 5.92 Å². The molecule has 0 bridgehead atoms. The monoisotopic (exact) mass is 531 g/mol. The number of hydrogen-bond acceptors (Lipinski definition) is 5. The van der Waals surface area contributed by atoms with Crippen LogP contribution in [0.3, 0.4) is 0 Å². The molecule has 3 aromatic rings. The summed E-state index contributed by atoms with van der Waals surface area (Å²) in [4.78, 5) is 18.2. The summed E-state index contributed by atoms with van der Waals surface area (Å²) in [5.41, 5.74) is 5.52. The molecule has 0 spiro atoms. The first kappa shape index (κ1) is 26.0. The van der Waals surface area contributed by atoms with Crippen molar-refractivity contribution in [2.24, 2.45) is 5.92 Å². The molecule has 2 N–H and O–H groups in total. The highest BCUT2D eigenvalue weighted by Crippen LogP contribution is 2.47. The van der Waals surface area contributed by atoms with E-state index in [0.717, 1.165) is 68.9 Å². The number of anilines is 2. The van der Waals surface area contributed by atoms with Crippen molar-refractivity contribution in [2.75, 3.05) is 49.1 Å². The summed E-state index contributed by atoms with van der Waals surface area (Å²) in [5.74, 6) is -2.42. The normalized spacial score (nSPS) is 19.4. The summed E-state index contributed by atoms with van der Waals surface area (Å²) < 4.78 is 48.7. The first-order valence-corrected chi connectivity index (χ1v) is 12.7. The van der Waals surface area contributed by atoms with Gasteiger partial charge in [-0.3, -0.25) is 0 Å². The lowest BCUT2D eigenvalue weighted by atomic mass is 9.85. The molecular formula is C27H29F4N5O2. The Labute approximate surface area is 217 Å². The largest absolute Gasteiger partial charge is 0.490 e. The molecule has 0 saturated carbocycles. The molecule has 0 amide bonds. The van der Waals surface area contributed by atoms with E-state index in [-0.39, 0.29) is 11.9 Å². The maximum Gasteiger partial charge on any atom is 0.490 e. The van der Waals surface area contributed by atoms with E-state index in [4.69, 9.17) is 9.90 Å². The van der Waals surface area contributed by atoms with Crippen LogP contribution in [-0.2, 0) is 4.79 Å². The maximum atomic E-state index is 14.8. The molecule has 2 fully saturated rings. The Hall–Kier alpha value is -3.60. The van der Waals surface area contributed by atoms with Crippen LogP contribution in [0.4, 0.5) is 28.9 Å². The van der Waals surface area contributed by atoms with E-state index in [2.05, 4.69) is 48.9 Å². The Bertz CT molecular complexity index is 1260. The topological polar surface area (TPSA) is 73.6 Å². The van der Waals surface area contributed by atoms with Crippen LogP contribution in [0.25, 0.3) is 11.3 Å². The number of fused-ring (bicyclic) bond motifs is 3. The van der Waals surface area contributed by atoms with Gasteiger partial charge in [-0.05, 0) is 49.1 Å². The number of aromatic nitrogens is 2. The van der Waals surface area contributed by atoms with Crippen LogP contribution in [0, 0.1) is 11.7 Å². The molecule has 0 aliphatic carbocycles. The molecule has 2 aromatic carbocycles. The summed E-state index contributed by atoms with van der Waals surface area (Å²) in [6, 6.07) is 14.5. The van der Waals surface area contributed by atoms with Crippen LogP contribution in [0.5, 0.6) is 0 Å². The number of imidazole rings is 1. The molecule has 202 valence electrons. The quantitative estimate of drug-likeness (QED) is 0.483. The minimum Gasteiger partial charge on any atom is -0.475 e. The molecule has 1 aromatic heterocycles. The highest BCUT2D eigenvalue weighted by atomic mass is 19.4. The fourth-order valence-corrected chi connectivity index (χ4v) is 5.67. The Morgan fingerprint density at radius 3 is 2.11 bits per heavy atom. The first-order chi connectivity index (χ1) is 18.2. The number of nitrogens with zero attached hydrogens (tertiary/aromatic N) is 4. The smallest absolute Gasteiger partial charge is 0.475 e. The van der Waals surface area contributed by atoms with Gasteiger partial charge in [0.1, 0.15) is 5.82 Å². The standard InChI is InChI=1S/C25H28FN5.C2HF3O2/c26-22-3-1-2-21-23-16-28-17-31(23)25(24(21)22)18-8-12-29(13-9-18)19-4-6-20(7-5-19)30-14-10-27-11-15-30;3-2(4,5)1(6)7/h1-7,16-18,25,27H,8-15H2;(H,6,7). The molecule has 6 rings (SSSR count). The van der Waals surface area contributed by atoms with Crippen molar-refractivity contribution in [3.05, 3.63) is 66.4 Å². The SMILES string of the molecule is Fc1cccc2c1C(C1CCN(c3ccc(N4CCNCC4)cc3)CC1)n1cncc1-2.O=C(O)C(F)(F)F. The van der Waals surface area contributed by atoms with Gasteiger partial charge in [-0.25, -0.2) is 14.2 Å². The van der Waals surface area contributed by atoms with Gasteiger partial charge in [0.05, 0.1) is 24.3 Å². The van der Waals surface area contributed by atoms with Gasteiger partial charge < -0.3 is 24.8 Å². The Morgan fingerprint density at radius 2 is 1.53 bits per heavy atom. The fourth-order valence-electron chi connectivity index (χ4n) is 5.67. The number of carbonyl (C=O) groups is 1. The zero-order chi connectivity index (χ0) is 26.9. The number of carboxylic acids is 1. The third kappa shape index (κ3) is 5.20. The molecule has 0 radical (unpaired) electrons. The number of nitrogens with one attached hydrogen (secondary N) is 1. The zero-order valence-electron chi connectivity index (χ0n) is 20.7. The maximum absolute atomic E-state index is 14.8. The molecule has 4 heterocycles. The van der Waals surface area contributed by atoms with E-state index in [1.165, 1.54) is 11.4 Å². The summed E-state index contributed by atoms with van der Waals surface area (Å²) in [7, 11) is 0. The van der Waals surface area contributed by atoms with E-state index < -0.39 is 12.1 Å². The van der Waals surface area contributed by atoms with Crippen LogP contribution in [-0.4, -0.2) is 66.1 Å². The van der Waals surface area contributed by atoms with Crippen molar-refractivity contribution in [2.45, 2.75) is 25.1 Å². The summed E-state index contributed by atoms with van der Waals surface area (Å²) in [6.07, 6.45) is 0.763. The molecule has 3 aliphatic rings. The highest BCUT2D eigenvalue weighted by Gasteiger charge is 2.39. The van der Waals surface area contributed by atoms with Crippen LogP contribution in [0.1, 0.15) is 24.4 Å². The van der Waals surface area contributed by atoms with Gasteiger partial charge in [0.2, 0.25) is 0 Å². The second kappa shape index (κ2) is 10.6. The van der Waals surface area contributed by atoms with Crippen molar-refractivity contribution >= 4 is 17.3 Å². The molecule has 11 heteroatoms. The molecule has 1 atom stereocenters. The van der Waals surface area contributed by atoms with Gasteiger partial charge >= 0.3 is 12.1 Å². The molecule has 38 heavy (non-hydrogen) atoms. The van der Waals surface area contributed by atoms with E-state index in [1.807, 2.05) is 18.6 Å². The molecule has 1 unspecified atom stereocenters. The third-order valence-corrected chi connectivity index (χ3v) is 7.52. The van der Waals surface area contributed by atoms with Crippen LogP contribution >= 0.6 is 0 Å². The second-order valence-corrected chi connectivity index (χ2v) is 9.71. The Morgan fingerprint density at radius 1 is 0.947 bits per heavy atom. The van der Waals surface area contributed by atoms with E-state index >= 15 is 0 Å². The average Bonchev–Trinajstić information content (AvgIpc) is 3.51. The van der Waals surface area contributed by atoms with Crippen LogP contribution < -0.4 is 15.1 Å². The second-order valence-electron chi connectivity index (χ2n) is 9.71. The number of piperidine rings is 1. The first-order valence-electron chi connectivity index (χ1n) is 12.7. The van der Waals surface area contributed by atoms with Gasteiger partial charge in [-0.15, -0.1) is 0 Å². The molecule has 2 saturated heterocycles. The van der Waals surface area contributed by atoms with Crippen LogP contribution in [0.15, 0.2) is 55.0 Å². The Kier molecular flexibility index (Phi) is 7.29. The number of aliphatic carboxylic acids is 1. The number of piperazine rings is 1. The third-order valence-electron chi connectivity index (χ3n) is 7.52. The van der Waals surface area contributed by atoms with Crippen molar-refractivity contribution in [1.82, 2.24) is 14.9 Å². The van der Waals surface area contributed by atoms with E-state index in [1.54, 1.807) is 12.1 Å². The number of rotatable bonds is 3. The summed E-state index contributed by atoms with van der Waals surface area (Å²) in [5, 5.41) is 10.5. The predicted molar refractivity (Wildman–Crippen MR) is 136 cm³/mol. The van der Waals surface area contributed by atoms with Gasteiger partial charge in [0.25, 0.3) is 0 Å².